The highest BCUT2D eigenvalue weighted by atomic mass is 14.9. The summed E-state index contributed by atoms with van der Waals surface area (Å²) in [6.07, 6.45) is 2.93. The van der Waals surface area contributed by atoms with Crippen molar-refractivity contribution in [3.8, 4) is 0 Å². The number of hydrogen-bond donors (Lipinski definition) is 2. The lowest BCUT2D eigenvalue weighted by Crippen LogP contribution is -2.14. The lowest BCUT2D eigenvalue weighted by molar-refractivity contribution is 1.15. The molecule has 0 amide bonds. The zero-order valence-corrected chi connectivity index (χ0v) is 14.3. The van der Waals surface area contributed by atoms with E-state index in [0.717, 1.165) is 52.4 Å². The Morgan fingerprint density at radius 3 is 2.79 bits per heavy atom. The van der Waals surface area contributed by atoms with Crippen molar-refractivity contribution in [2.24, 2.45) is 4.99 Å². The van der Waals surface area contributed by atoms with Gasteiger partial charge in [0, 0.05) is 29.9 Å². The normalized spacial score (nSPS) is 14.9. The van der Waals surface area contributed by atoms with E-state index in [4.69, 9.17) is 10.7 Å². The van der Waals surface area contributed by atoms with E-state index in [0.29, 0.717) is 0 Å². The highest BCUT2D eigenvalue weighted by molar-refractivity contribution is 6.17. The van der Waals surface area contributed by atoms with Crippen LogP contribution in [0.15, 0.2) is 71.3 Å². The topological polar surface area (TPSA) is 50.4 Å². The summed E-state index contributed by atoms with van der Waals surface area (Å²) in [5.41, 5.74) is 14.4. The van der Waals surface area contributed by atoms with Gasteiger partial charge in [-0.25, -0.2) is 4.99 Å². The van der Waals surface area contributed by atoms with E-state index in [-0.39, 0.29) is 0 Å². The number of rotatable bonds is 4. The second-order valence-electron chi connectivity index (χ2n) is 6.11. The van der Waals surface area contributed by atoms with Crippen molar-refractivity contribution in [2.75, 3.05) is 17.6 Å². The molecule has 1 heterocycles. The van der Waals surface area contributed by atoms with Crippen molar-refractivity contribution in [1.29, 1.82) is 0 Å². The van der Waals surface area contributed by atoms with E-state index < -0.39 is 0 Å². The van der Waals surface area contributed by atoms with Gasteiger partial charge in [-0.3, -0.25) is 0 Å². The minimum Gasteiger partial charge on any atom is -0.398 e. The fourth-order valence-electron chi connectivity index (χ4n) is 2.99. The molecular weight excluding hydrogens is 294 g/mol. The fraction of sp³-hybridized carbons (Fsp3) is 0.190. The summed E-state index contributed by atoms with van der Waals surface area (Å²) in [5, 5.41) is 3.36. The van der Waals surface area contributed by atoms with Crippen LogP contribution in [0.25, 0.3) is 0 Å². The molecule has 0 saturated carbocycles. The van der Waals surface area contributed by atoms with Crippen LogP contribution in [-0.2, 0) is 6.42 Å². The van der Waals surface area contributed by atoms with Crippen molar-refractivity contribution >= 4 is 22.8 Å². The summed E-state index contributed by atoms with van der Waals surface area (Å²) < 4.78 is 0. The Kier molecular flexibility index (Phi) is 4.52. The van der Waals surface area contributed by atoms with Crippen LogP contribution in [0.2, 0.25) is 0 Å². The molecule has 0 aliphatic carbocycles. The molecule has 3 nitrogen and oxygen atoms in total. The largest absolute Gasteiger partial charge is 0.398 e. The van der Waals surface area contributed by atoms with Crippen LogP contribution < -0.4 is 11.1 Å². The third kappa shape index (κ3) is 3.25. The Morgan fingerprint density at radius 1 is 1.29 bits per heavy atom. The van der Waals surface area contributed by atoms with Crippen LogP contribution in [0.5, 0.6) is 0 Å². The van der Waals surface area contributed by atoms with Crippen molar-refractivity contribution in [1.82, 2.24) is 0 Å². The molecule has 3 heteroatoms. The molecule has 2 aromatic carbocycles. The predicted octanol–water partition coefficient (Wildman–Crippen LogP) is 4.88. The van der Waals surface area contributed by atoms with Crippen LogP contribution in [0, 0.1) is 0 Å². The fourth-order valence-corrected chi connectivity index (χ4v) is 2.99. The SMILES string of the molecule is C=C(C)/C=C1/Cc2cc(NCC)ccc2N=C1c1ccccc1N. The van der Waals surface area contributed by atoms with E-state index in [1.807, 2.05) is 31.2 Å². The van der Waals surface area contributed by atoms with Crippen LogP contribution in [0.4, 0.5) is 17.1 Å². The van der Waals surface area contributed by atoms with Gasteiger partial charge >= 0.3 is 0 Å². The Hall–Kier alpha value is -2.81. The summed E-state index contributed by atoms with van der Waals surface area (Å²) in [4.78, 5) is 4.91. The van der Waals surface area contributed by atoms with Gasteiger partial charge < -0.3 is 11.1 Å². The van der Waals surface area contributed by atoms with Gasteiger partial charge in [0.15, 0.2) is 0 Å². The summed E-state index contributed by atoms with van der Waals surface area (Å²) >= 11 is 0. The van der Waals surface area contributed by atoms with E-state index in [9.17, 15) is 0 Å². The molecule has 24 heavy (non-hydrogen) atoms. The Balaban J connectivity index is 2.14. The number of nitrogens with one attached hydrogen (secondary N) is 1. The molecule has 3 N–H and O–H groups in total. The molecule has 0 unspecified atom stereocenters. The number of para-hydroxylation sites is 1. The molecule has 1 aliphatic rings. The number of anilines is 2. The first-order chi connectivity index (χ1) is 11.6. The van der Waals surface area contributed by atoms with Crippen molar-refractivity contribution in [3.63, 3.8) is 0 Å². The summed E-state index contributed by atoms with van der Waals surface area (Å²) in [6.45, 7) is 9.03. The minimum atomic E-state index is 0.747. The number of fused-ring (bicyclic) bond motifs is 1. The minimum absolute atomic E-state index is 0.747. The number of aliphatic imine (C=N–C) groups is 1. The van der Waals surface area contributed by atoms with Crippen molar-refractivity contribution < 1.29 is 0 Å². The number of nitrogen functional groups attached to an aromatic ring is 1. The van der Waals surface area contributed by atoms with Crippen molar-refractivity contribution in [2.45, 2.75) is 20.3 Å². The zero-order valence-electron chi connectivity index (χ0n) is 14.3. The first kappa shape index (κ1) is 16.1. The van der Waals surface area contributed by atoms with Gasteiger partial charge in [-0.05, 0) is 49.2 Å². The molecule has 0 radical (unpaired) electrons. The van der Waals surface area contributed by atoms with Gasteiger partial charge in [-0.1, -0.05) is 36.4 Å². The molecular formula is C21H23N3. The second kappa shape index (κ2) is 6.75. The maximum Gasteiger partial charge on any atom is 0.0765 e. The maximum atomic E-state index is 6.19. The number of nitrogens with zero attached hydrogens (tertiary/aromatic N) is 1. The Bertz CT molecular complexity index is 844. The van der Waals surface area contributed by atoms with Gasteiger partial charge in [0.1, 0.15) is 0 Å². The molecule has 0 saturated heterocycles. The van der Waals surface area contributed by atoms with Gasteiger partial charge in [-0.2, -0.15) is 0 Å². The molecule has 0 bridgehead atoms. The number of benzene rings is 2. The van der Waals surface area contributed by atoms with Gasteiger partial charge in [-0.15, -0.1) is 0 Å². The smallest absolute Gasteiger partial charge is 0.0765 e. The molecule has 0 atom stereocenters. The molecule has 0 spiro atoms. The van der Waals surface area contributed by atoms with Crippen LogP contribution in [0.1, 0.15) is 25.0 Å². The molecule has 2 aromatic rings. The molecule has 122 valence electrons. The van der Waals surface area contributed by atoms with E-state index in [1.165, 1.54) is 5.56 Å². The second-order valence-corrected chi connectivity index (χ2v) is 6.11. The number of hydrogen-bond acceptors (Lipinski definition) is 3. The highest BCUT2D eigenvalue weighted by Crippen LogP contribution is 2.34. The summed E-state index contributed by atoms with van der Waals surface area (Å²) in [5.74, 6) is 0. The van der Waals surface area contributed by atoms with E-state index in [1.54, 1.807) is 0 Å². The molecule has 1 aliphatic heterocycles. The van der Waals surface area contributed by atoms with Crippen molar-refractivity contribution in [3.05, 3.63) is 77.4 Å². The molecule has 0 fully saturated rings. The Labute approximate surface area is 143 Å². The lowest BCUT2D eigenvalue weighted by atomic mass is 9.90. The average Bonchev–Trinajstić information content (AvgIpc) is 2.55. The lowest BCUT2D eigenvalue weighted by Gasteiger charge is -2.21. The van der Waals surface area contributed by atoms with E-state index >= 15 is 0 Å². The van der Waals surface area contributed by atoms with Crippen LogP contribution in [-0.4, -0.2) is 12.3 Å². The first-order valence-electron chi connectivity index (χ1n) is 8.25. The monoisotopic (exact) mass is 317 g/mol. The van der Waals surface area contributed by atoms with Gasteiger partial charge in [0.25, 0.3) is 0 Å². The predicted molar refractivity (Wildman–Crippen MR) is 104 cm³/mol. The first-order valence-corrected chi connectivity index (χ1v) is 8.25. The zero-order chi connectivity index (χ0) is 17.1. The average molecular weight is 317 g/mol. The van der Waals surface area contributed by atoms with Gasteiger partial charge in [0.2, 0.25) is 0 Å². The number of allylic oxidation sites excluding steroid dienone is 3. The maximum absolute atomic E-state index is 6.19. The molecule has 3 rings (SSSR count). The number of nitrogens with two attached hydrogens (primary N) is 1. The van der Waals surface area contributed by atoms with E-state index in [2.05, 4.69) is 43.1 Å². The highest BCUT2D eigenvalue weighted by Gasteiger charge is 2.20. The van der Waals surface area contributed by atoms with Crippen LogP contribution in [0.3, 0.4) is 0 Å². The summed E-state index contributed by atoms with van der Waals surface area (Å²) in [7, 11) is 0. The summed E-state index contributed by atoms with van der Waals surface area (Å²) in [6, 6.07) is 14.2. The van der Waals surface area contributed by atoms with Crippen LogP contribution >= 0.6 is 0 Å². The third-order valence-corrected chi connectivity index (χ3v) is 4.01. The standard InChI is InChI=1S/C21H23N3/c1-4-23-17-9-10-20-15(13-17)12-16(11-14(2)3)21(24-20)18-7-5-6-8-19(18)22/h5-11,13,23H,2,4,12,22H2,1,3H3/b16-11-. The molecule has 0 aromatic heterocycles. The Morgan fingerprint density at radius 2 is 2.08 bits per heavy atom. The quantitative estimate of drug-likeness (QED) is 0.790. The third-order valence-electron chi connectivity index (χ3n) is 4.01. The van der Waals surface area contributed by atoms with Gasteiger partial charge in [0.05, 0.1) is 11.4 Å².